The van der Waals surface area contributed by atoms with Crippen molar-refractivity contribution in [1.29, 1.82) is 0 Å². The highest BCUT2D eigenvalue weighted by molar-refractivity contribution is 8.00. The molecule has 0 bridgehead atoms. The van der Waals surface area contributed by atoms with Crippen molar-refractivity contribution in [3.63, 3.8) is 0 Å². The standard InChI is InChI=1S/C17H20N4OS/c1-17(2,3)23-15-10-21-13(11-5-12(18)8-19-7-11)9-20-16(21)6-14(15)22-4/h5-10H,18H2,1-4H3. The highest BCUT2D eigenvalue weighted by Gasteiger charge is 2.18. The van der Waals surface area contributed by atoms with Gasteiger partial charge in [0.2, 0.25) is 0 Å². The van der Waals surface area contributed by atoms with E-state index in [-0.39, 0.29) is 4.75 Å². The molecule has 5 nitrogen and oxygen atoms in total. The van der Waals surface area contributed by atoms with Gasteiger partial charge in [-0.2, -0.15) is 0 Å². The summed E-state index contributed by atoms with van der Waals surface area (Å²) in [5.74, 6) is 0.834. The first-order valence-corrected chi connectivity index (χ1v) is 8.14. The maximum absolute atomic E-state index is 5.85. The molecule has 3 rings (SSSR count). The first-order chi connectivity index (χ1) is 10.9. The van der Waals surface area contributed by atoms with Crippen molar-refractivity contribution in [3.8, 4) is 17.0 Å². The number of imidazole rings is 1. The van der Waals surface area contributed by atoms with E-state index in [9.17, 15) is 0 Å². The largest absolute Gasteiger partial charge is 0.495 e. The van der Waals surface area contributed by atoms with Crippen molar-refractivity contribution in [2.45, 2.75) is 30.4 Å². The number of fused-ring (bicyclic) bond motifs is 1. The van der Waals surface area contributed by atoms with Crippen LogP contribution in [0.3, 0.4) is 0 Å². The average Bonchev–Trinajstić information content (AvgIpc) is 2.87. The Kier molecular flexibility index (Phi) is 3.93. The minimum atomic E-state index is 0.0838. The maximum Gasteiger partial charge on any atom is 0.140 e. The summed E-state index contributed by atoms with van der Waals surface area (Å²) in [5.41, 5.74) is 9.21. The Labute approximate surface area is 139 Å². The molecule has 0 aliphatic heterocycles. The number of nitrogens with two attached hydrogens (primary N) is 1. The van der Waals surface area contributed by atoms with Crippen molar-refractivity contribution in [2.24, 2.45) is 0 Å². The third-order valence-corrected chi connectivity index (χ3v) is 4.40. The molecule has 6 heteroatoms. The first kappa shape index (κ1) is 15.7. The van der Waals surface area contributed by atoms with Gasteiger partial charge < -0.3 is 10.5 Å². The Hall–Kier alpha value is -2.21. The number of rotatable bonds is 3. The fraction of sp³-hybridized carbons (Fsp3) is 0.294. The summed E-state index contributed by atoms with van der Waals surface area (Å²) in [6, 6.07) is 3.86. The molecule has 0 spiro atoms. The molecule has 0 radical (unpaired) electrons. The number of nitrogen functional groups attached to an aromatic ring is 1. The van der Waals surface area contributed by atoms with E-state index in [2.05, 4.69) is 36.9 Å². The summed E-state index contributed by atoms with van der Waals surface area (Å²) in [7, 11) is 1.68. The van der Waals surface area contributed by atoms with Crippen LogP contribution in [0.25, 0.3) is 16.9 Å². The molecule has 0 atom stereocenters. The first-order valence-electron chi connectivity index (χ1n) is 7.32. The van der Waals surface area contributed by atoms with Crippen LogP contribution in [-0.2, 0) is 0 Å². The molecule has 0 aliphatic rings. The quantitative estimate of drug-likeness (QED) is 0.739. The van der Waals surface area contributed by atoms with Crippen LogP contribution in [0, 0.1) is 0 Å². The van der Waals surface area contributed by atoms with Gasteiger partial charge in [0.05, 0.1) is 29.6 Å². The summed E-state index contributed by atoms with van der Waals surface area (Å²) in [6.07, 6.45) is 7.32. The second-order valence-electron chi connectivity index (χ2n) is 6.30. The van der Waals surface area contributed by atoms with Crippen molar-refractivity contribution in [3.05, 3.63) is 36.9 Å². The number of hydrogen-bond acceptors (Lipinski definition) is 5. The van der Waals surface area contributed by atoms with E-state index in [1.807, 2.05) is 22.7 Å². The lowest BCUT2D eigenvalue weighted by Crippen LogP contribution is -2.07. The lowest BCUT2D eigenvalue weighted by Gasteiger charge is -2.19. The van der Waals surface area contributed by atoms with Crippen LogP contribution in [0.5, 0.6) is 5.75 Å². The molecule has 0 amide bonds. The Bertz CT molecular complexity index is 851. The predicted molar refractivity (Wildman–Crippen MR) is 95.0 cm³/mol. The van der Waals surface area contributed by atoms with Gasteiger partial charge in [-0.15, -0.1) is 11.8 Å². The SMILES string of the molecule is COc1cc2ncc(-c3cncc(N)c3)n2cc1SC(C)(C)C. The molecule has 3 aromatic rings. The van der Waals surface area contributed by atoms with Crippen LogP contribution in [0.2, 0.25) is 0 Å². The molecule has 0 saturated carbocycles. The molecule has 2 N–H and O–H groups in total. The zero-order chi connectivity index (χ0) is 16.6. The van der Waals surface area contributed by atoms with E-state index < -0.39 is 0 Å². The number of nitrogens with zero attached hydrogens (tertiary/aromatic N) is 3. The van der Waals surface area contributed by atoms with Crippen LogP contribution >= 0.6 is 11.8 Å². The highest BCUT2D eigenvalue weighted by atomic mass is 32.2. The number of anilines is 1. The van der Waals surface area contributed by atoms with E-state index in [0.29, 0.717) is 5.69 Å². The number of pyridine rings is 2. The minimum absolute atomic E-state index is 0.0838. The Balaban J connectivity index is 2.17. The summed E-state index contributed by atoms with van der Waals surface area (Å²) < 4.78 is 7.66. The van der Waals surface area contributed by atoms with Crippen LogP contribution in [0.1, 0.15) is 20.8 Å². The van der Waals surface area contributed by atoms with Gasteiger partial charge in [0.15, 0.2) is 0 Å². The number of thioether (sulfide) groups is 1. The van der Waals surface area contributed by atoms with Gasteiger partial charge >= 0.3 is 0 Å². The third-order valence-electron chi connectivity index (χ3n) is 3.27. The average molecular weight is 328 g/mol. The normalized spacial score (nSPS) is 11.8. The molecule has 0 unspecified atom stereocenters. The van der Waals surface area contributed by atoms with Crippen molar-refractivity contribution >= 4 is 23.1 Å². The smallest absolute Gasteiger partial charge is 0.140 e. The van der Waals surface area contributed by atoms with Crippen LogP contribution in [0.4, 0.5) is 5.69 Å². The predicted octanol–water partition coefficient (Wildman–Crippen LogP) is 3.88. The van der Waals surface area contributed by atoms with Gasteiger partial charge in [0, 0.05) is 35.0 Å². The number of aromatic nitrogens is 3. The van der Waals surface area contributed by atoms with Gasteiger partial charge in [0.1, 0.15) is 11.4 Å². The second-order valence-corrected chi connectivity index (χ2v) is 8.17. The molecule has 0 aromatic carbocycles. The van der Waals surface area contributed by atoms with E-state index in [1.165, 1.54) is 0 Å². The van der Waals surface area contributed by atoms with Crippen LogP contribution < -0.4 is 10.5 Å². The molecule has 0 saturated heterocycles. The monoisotopic (exact) mass is 328 g/mol. The number of hydrogen-bond donors (Lipinski definition) is 1. The number of methoxy groups -OCH3 is 1. The number of ether oxygens (including phenoxy) is 1. The maximum atomic E-state index is 5.85. The van der Waals surface area contributed by atoms with Gasteiger partial charge in [-0.25, -0.2) is 4.98 Å². The molecular formula is C17H20N4OS. The van der Waals surface area contributed by atoms with Gasteiger partial charge in [0.25, 0.3) is 0 Å². The summed E-state index contributed by atoms with van der Waals surface area (Å²) >= 11 is 1.76. The highest BCUT2D eigenvalue weighted by Crippen LogP contribution is 2.39. The fourth-order valence-electron chi connectivity index (χ4n) is 2.36. The van der Waals surface area contributed by atoms with Crippen molar-refractivity contribution < 1.29 is 4.74 Å². The molecule has 3 aromatic heterocycles. The molecule has 120 valence electrons. The van der Waals surface area contributed by atoms with Crippen LogP contribution in [-0.4, -0.2) is 26.2 Å². The molecule has 0 fully saturated rings. The summed E-state index contributed by atoms with van der Waals surface area (Å²) in [6.45, 7) is 6.54. The van der Waals surface area contributed by atoms with Crippen molar-refractivity contribution in [2.75, 3.05) is 12.8 Å². The van der Waals surface area contributed by atoms with E-state index >= 15 is 0 Å². The van der Waals surface area contributed by atoms with Gasteiger partial charge in [-0.1, -0.05) is 20.8 Å². The molecule has 0 aliphatic carbocycles. The Morgan fingerprint density at radius 3 is 2.61 bits per heavy atom. The lowest BCUT2D eigenvalue weighted by atomic mass is 10.2. The Morgan fingerprint density at radius 2 is 1.96 bits per heavy atom. The zero-order valence-corrected chi connectivity index (χ0v) is 14.5. The van der Waals surface area contributed by atoms with Gasteiger partial charge in [-0.05, 0) is 6.07 Å². The zero-order valence-electron chi connectivity index (χ0n) is 13.7. The van der Waals surface area contributed by atoms with Crippen molar-refractivity contribution in [1.82, 2.24) is 14.4 Å². The van der Waals surface area contributed by atoms with E-state index in [0.717, 1.165) is 27.5 Å². The molecular weight excluding hydrogens is 308 g/mol. The van der Waals surface area contributed by atoms with Crippen LogP contribution in [0.15, 0.2) is 41.8 Å². The molecule has 23 heavy (non-hydrogen) atoms. The fourth-order valence-corrected chi connectivity index (χ4v) is 3.43. The summed E-state index contributed by atoms with van der Waals surface area (Å²) in [5, 5.41) is 0. The second kappa shape index (κ2) is 5.77. The van der Waals surface area contributed by atoms with E-state index in [1.54, 1.807) is 31.3 Å². The minimum Gasteiger partial charge on any atom is -0.495 e. The Morgan fingerprint density at radius 1 is 1.17 bits per heavy atom. The molecule has 3 heterocycles. The van der Waals surface area contributed by atoms with E-state index in [4.69, 9.17) is 10.5 Å². The third kappa shape index (κ3) is 3.27. The summed E-state index contributed by atoms with van der Waals surface area (Å²) in [4.78, 5) is 9.72. The lowest BCUT2D eigenvalue weighted by molar-refractivity contribution is 0.404. The topological polar surface area (TPSA) is 65.4 Å². The van der Waals surface area contributed by atoms with Gasteiger partial charge in [-0.3, -0.25) is 9.38 Å².